The van der Waals surface area contributed by atoms with Gasteiger partial charge < -0.3 is 15.5 Å². The van der Waals surface area contributed by atoms with Crippen molar-refractivity contribution in [2.75, 3.05) is 50.4 Å². The van der Waals surface area contributed by atoms with Gasteiger partial charge in [0.25, 0.3) is 5.91 Å². The maximum atomic E-state index is 12.7. The van der Waals surface area contributed by atoms with Crippen molar-refractivity contribution in [2.45, 2.75) is 63.5 Å². The van der Waals surface area contributed by atoms with Crippen LogP contribution >= 0.6 is 0 Å². The number of fused-ring (bicyclic) bond motifs is 1. The van der Waals surface area contributed by atoms with Crippen LogP contribution in [0.3, 0.4) is 0 Å². The second kappa shape index (κ2) is 11.0. The van der Waals surface area contributed by atoms with E-state index in [1.807, 2.05) is 0 Å². The van der Waals surface area contributed by atoms with Gasteiger partial charge in [-0.2, -0.15) is 19.6 Å². The number of amides is 2. The van der Waals surface area contributed by atoms with Gasteiger partial charge in [0.15, 0.2) is 5.65 Å². The number of imide groups is 1. The molecule has 6 rings (SSSR count). The first kappa shape index (κ1) is 25.9. The zero-order valence-corrected chi connectivity index (χ0v) is 22.5. The number of Topliss-reactive ketones (excluding diaryl/α,β-unsaturated/α-hetero) is 1. The Labute approximate surface area is 227 Å². The Hall–Kier alpha value is -3.38. The third-order valence-corrected chi connectivity index (χ3v) is 8.22. The zero-order valence-electron chi connectivity index (χ0n) is 22.5. The lowest BCUT2D eigenvalue weighted by Crippen LogP contribution is -2.46. The third kappa shape index (κ3) is 6.27. The Morgan fingerprint density at radius 1 is 1.03 bits per heavy atom. The van der Waals surface area contributed by atoms with Crippen molar-refractivity contribution in [3.05, 3.63) is 17.3 Å². The van der Waals surface area contributed by atoms with Crippen LogP contribution in [-0.2, 0) is 14.4 Å². The number of rotatable bonds is 9. The summed E-state index contributed by atoms with van der Waals surface area (Å²) >= 11 is 0. The van der Waals surface area contributed by atoms with Crippen LogP contribution in [0.5, 0.6) is 0 Å². The molecule has 0 bridgehead atoms. The molecule has 0 atom stereocenters. The summed E-state index contributed by atoms with van der Waals surface area (Å²) in [4.78, 5) is 50.5. The summed E-state index contributed by atoms with van der Waals surface area (Å²) in [7, 11) is 2.13. The highest BCUT2D eigenvalue weighted by Crippen LogP contribution is 2.30. The van der Waals surface area contributed by atoms with Gasteiger partial charge in [0.2, 0.25) is 17.8 Å². The minimum atomic E-state index is -0.373. The number of aromatic nitrogens is 4. The van der Waals surface area contributed by atoms with Gasteiger partial charge in [0.1, 0.15) is 5.78 Å². The molecule has 2 saturated heterocycles. The van der Waals surface area contributed by atoms with Crippen molar-refractivity contribution < 1.29 is 14.4 Å². The SMILES string of the molecule is CN1CCN(CC(=O)CC2CCC(Nc3nc(NC4CC4)n4ncc(/C=C5\CC(=O)NC5=O)c4n3)CC2)CC1. The van der Waals surface area contributed by atoms with Gasteiger partial charge in [0.05, 0.1) is 19.2 Å². The molecule has 2 aliphatic heterocycles. The van der Waals surface area contributed by atoms with E-state index in [-0.39, 0.29) is 24.3 Å². The molecule has 0 radical (unpaired) electrons. The number of anilines is 2. The Morgan fingerprint density at radius 3 is 2.44 bits per heavy atom. The lowest BCUT2D eigenvalue weighted by Gasteiger charge is -2.33. The lowest BCUT2D eigenvalue weighted by molar-refractivity contribution is -0.124. The number of piperazine rings is 1. The fraction of sp³-hybridized carbons (Fsp3) is 0.630. The van der Waals surface area contributed by atoms with Gasteiger partial charge in [-0.25, -0.2) is 0 Å². The highest BCUT2D eigenvalue weighted by Gasteiger charge is 2.28. The summed E-state index contributed by atoms with van der Waals surface area (Å²) in [6.45, 7) is 4.59. The molecule has 12 heteroatoms. The molecule has 0 aromatic carbocycles. The minimum absolute atomic E-state index is 0.0562. The van der Waals surface area contributed by atoms with E-state index in [0.29, 0.717) is 59.4 Å². The summed E-state index contributed by atoms with van der Waals surface area (Å²) < 4.78 is 1.66. The van der Waals surface area contributed by atoms with E-state index in [4.69, 9.17) is 9.97 Å². The van der Waals surface area contributed by atoms with Gasteiger partial charge in [-0.3, -0.25) is 24.6 Å². The number of ketones is 1. The molecular weight excluding hydrogens is 498 g/mol. The van der Waals surface area contributed by atoms with E-state index in [1.165, 1.54) is 0 Å². The van der Waals surface area contributed by atoms with Crippen molar-refractivity contribution in [3.63, 3.8) is 0 Å². The first-order chi connectivity index (χ1) is 18.9. The van der Waals surface area contributed by atoms with Crippen molar-refractivity contribution in [1.82, 2.24) is 34.7 Å². The summed E-state index contributed by atoms with van der Waals surface area (Å²) in [5.41, 5.74) is 1.65. The standard InChI is InChI=1S/C27H37N9O3/c1-34-8-10-35(11-9-34)16-22(37)12-17-2-4-20(5-3-17)29-26-32-24-19(13-18-14-23(38)31-25(18)39)15-28-36(24)27(33-26)30-21-6-7-21/h13,15,17,20-21H,2-12,14,16H2,1H3,(H,31,38,39)(H2,29,30,32,33)/b18-13+. The monoisotopic (exact) mass is 535 g/mol. The Bertz CT molecular complexity index is 1280. The molecule has 208 valence electrons. The Morgan fingerprint density at radius 2 is 1.74 bits per heavy atom. The van der Waals surface area contributed by atoms with Crippen LogP contribution in [-0.4, -0.2) is 98.8 Å². The molecule has 0 spiro atoms. The van der Waals surface area contributed by atoms with E-state index < -0.39 is 0 Å². The largest absolute Gasteiger partial charge is 0.351 e. The molecule has 4 fully saturated rings. The van der Waals surface area contributed by atoms with Crippen LogP contribution < -0.4 is 16.0 Å². The number of hydrogen-bond donors (Lipinski definition) is 3. The van der Waals surface area contributed by atoms with Crippen LogP contribution in [0, 0.1) is 5.92 Å². The fourth-order valence-corrected chi connectivity index (χ4v) is 5.71. The summed E-state index contributed by atoms with van der Waals surface area (Å²) in [5.74, 6) is 1.26. The van der Waals surface area contributed by atoms with Gasteiger partial charge >= 0.3 is 0 Å². The van der Waals surface area contributed by atoms with E-state index in [1.54, 1.807) is 16.8 Å². The van der Waals surface area contributed by atoms with E-state index >= 15 is 0 Å². The molecule has 4 heterocycles. The van der Waals surface area contributed by atoms with Gasteiger partial charge in [0, 0.05) is 55.8 Å². The van der Waals surface area contributed by atoms with Crippen molar-refractivity contribution in [2.24, 2.45) is 5.92 Å². The molecule has 2 aliphatic carbocycles. The number of carbonyl (C=O) groups excluding carboxylic acids is 3. The number of hydrogen-bond acceptors (Lipinski definition) is 10. The Kier molecular flexibility index (Phi) is 7.30. The first-order valence-electron chi connectivity index (χ1n) is 14.2. The molecule has 12 nitrogen and oxygen atoms in total. The number of nitrogens with zero attached hydrogens (tertiary/aromatic N) is 6. The van der Waals surface area contributed by atoms with E-state index in [0.717, 1.165) is 64.7 Å². The predicted octanol–water partition coefficient (Wildman–Crippen LogP) is 1.31. The topological polar surface area (TPSA) is 137 Å². The minimum Gasteiger partial charge on any atom is -0.351 e. The molecule has 2 aromatic rings. The predicted molar refractivity (Wildman–Crippen MR) is 146 cm³/mol. The third-order valence-electron chi connectivity index (χ3n) is 8.22. The van der Waals surface area contributed by atoms with Crippen molar-refractivity contribution in [3.8, 4) is 0 Å². The normalized spacial score (nSPS) is 25.8. The second-order valence-electron chi connectivity index (χ2n) is 11.5. The van der Waals surface area contributed by atoms with Gasteiger partial charge in [-0.15, -0.1) is 0 Å². The van der Waals surface area contributed by atoms with Gasteiger partial charge in [-0.05, 0) is 57.6 Å². The highest BCUT2D eigenvalue weighted by molar-refractivity contribution is 6.15. The number of nitrogens with one attached hydrogen (secondary N) is 3. The first-order valence-corrected chi connectivity index (χ1v) is 14.2. The van der Waals surface area contributed by atoms with E-state index in [2.05, 4.69) is 37.9 Å². The summed E-state index contributed by atoms with van der Waals surface area (Å²) in [5, 5.41) is 13.7. The molecule has 2 aromatic heterocycles. The van der Waals surface area contributed by atoms with Crippen molar-refractivity contribution >= 4 is 41.2 Å². The van der Waals surface area contributed by atoms with Gasteiger partial charge in [-0.1, -0.05) is 0 Å². The lowest BCUT2D eigenvalue weighted by atomic mass is 9.83. The average Bonchev–Trinajstić information content (AvgIpc) is 3.54. The summed E-state index contributed by atoms with van der Waals surface area (Å²) in [6, 6.07) is 0.604. The average molecular weight is 536 g/mol. The van der Waals surface area contributed by atoms with Crippen LogP contribution in [0.2, 0.25) is 0 Å². The van der Waals surface area contributed by atoms with Crippen LogP contribution in [0.25, 0.3) is 11.7 Å². The quantitative estimate of drug-likeness (QED) is 0.318. The van der Waals surface area contributed by atoms with Crippen LogP contribution in [0.1, 0.15) is 56.9 Å². The molecule has 2 amide bonds. The molecule has 2 saturated carbocycles. The highest BCUT2D eigenvalue weighted by atomic mass is 16.2. The number of carbonyl (C=O) groups is 3. The molecule has 0 unspecified atom stereocenters. The Balaban J connectivity index is 1.10. The smallest absolute Gasteiger partial charge is 0.254 e. The van der Waals surface area contributed by atoms with E-state index in [9.17, 15) is 14.4 Å². The zero-order chi connectivity index (χ0) is 26.9. The molecule has 39 heavy (non-hydrogen) atoms. The fourth-order valence-electron chi connectivity index (χ4n) is 5.71. The summed E-state index contributed by atoms with van der Waals surface area (Å²) in [6.07, 6.45) is 10.2. The maximum Gasteiger partial charge on any atom is 0.254 e. The molecule has 3 N–H and O–H groups in total. The van der Waals surface area contributed by atoms with Crippen LogP contribution in [0.15, 0.2) is 11.8 Å². The maximum absolute atomic E-state index is 12.7. The van der Waals surface area contributed by atoms with Crippen molar-refractivity contribution in [1.29, 1.82) is 0 Å². The van der Waals surface area contributed by atoms with Crippen LogP contribution in [0.4, 0.5) is 11.9 Å². The second-order valence-corrected chi connectivity index (χ2v) is 11.5. The number of likely N-dealkylation sites (N-methyl/N-ethyl adjacent to an activating group) is 1. The molecule has 4 aliphatic rings. The molecular formula is C27H37N9O3.